The Bertz CT molecular complexity index is 387. The first-order chi connectivity index (χ1) is 8.10. The third-order valence-corrected chi connectivity index (χ3v) is 4.66. The maximum Gasteiger partial charge on any atom is 0.136 e. The summed E-state index contributed by atoms with van der Waals surface area (Å²) in [6.07, 6.45) is 2.52. The summed E-state index contributed by atoms with van der Waals surface area (Å²) in [4.78, 5) is 4.35. The van der Waals surface area contributed by atoms with Crippen LogP contribution in [-0.2, 0) is 17.8 Å². The Morgan fingerprint density at radius 3 is 2.33 bits per heavy atom. The molecule has 0 aliphatic rings. The third kappa shape index (κ3) is 5.26. The highest BCUT2D eigenvalue weighted by molar-refractivity contribution is 9.10. The van der Waals surface area contributed by atoms with E-state index in [0.717, 1.165) is 16.6 Å². The quantitative estimate of drug-likeness (QED) is 0.861. The SMILES string of the molecule is CC(C)(Cc1ccc(Br)cn1)N[S@+]([O-])C(C)(C)C. The van der Waals surface area contributed by atoms with E-state index in [0.29, 0.717) is 0 Å². The molecule has 0 radical (unpaired) electrons. The zero-order chi connectivity index (χ0) is 14.0. The van der Waals surface area contributed by atoms with Gasteiger partial charge in [-0.25, -0.2) is 0 Å². The summed E-state index contributed by atoms with van der Waals surface area (Å²) in [5.74, 6) is 0. The van der Waals surface area contributed by atoms with Crippen LogP contribution in [0.4, 0.5) is 0 Å². The average Bonchev–Trinajstić information content (AvgIpc) is 2.19. The Kier molecular flexibility index (Phi) is 5.23. The highest BCUT2D eigenvalue weighted by atomic mass is 79.9. The second-order valence-electron chi connectivity index (χ2n) is 6.01. The lowest BCUT2D eigenvalue weighted by molar-refractivity contribution is 0.435. The van der Waals surface area contributed by atoms with Crippen LogP contribution in [-0.4, -0.2) is 19.8 Å². The fourth-order valence-corrected chi connectivity index (χ4v) is 2.52. The van der Waals surface area contributed by atoms with Gasteiger partial charge in [0.1, 0.15) is 4.75 Å². The highest BCUT2D eigenvalue weighted by Gasteiger charge is 2.33. The zero-order valence-electron chi connectivity index (χ0n) is 11.6. The molecule has 1 N–H and O–H groups in total. The van der Waals surface area contributed by atoms with E-state index < -0.39 is 11.4 Å². The van der Waals surface area contributed by atoms with E-state index in [-0.39, 0.29) is 10.3 Å². The standard InChI is InChI=1S/C13H21BrN2OS/c1-12(2,3)18(17)16-13(4,5)8-11-7-6-10(14)9-15-11/h6-7,9,16H,8H2,1-5H3/t18-/m1/s1. The molecule has 3 nitrogen and oxygen atoms in total. The molecular weight excluding hydrogens is 312 g/mol. The van der Waals surface area contributed by atoms with Crippen molar-refractivity contribution in [3.05, 3.63) is 28.5 Å². The molecule has 0 aliphatic heterocycles. The Hall–Kier alpha value is -0.100. The van der Waals surface area contributed by atoms with E-state index in [9.17, 15) is 4.55 Å². The molecule has 0 aromatic carbocycles. The van der Waals surface area contributed by atoms with Crippen LogP contribution >= 0.6 is 15.9 Å². The van der Waals surface area contributed by atoms with Gasteiger partial charge in [-0.1, -0.05) is 0 Å². The summed E-state index contributed by atoms with van der Waals surface area (Å²) >= 11 is 2.29. The van der Waals surface area contributed by atoms with Crippen molar-refractivity contribution in [1.29, 1.82) is 0 Å². The van der Waals surface area contributed by atoms with Crippen LogP contribution < -0.4 is 4.72 Å². The molecule has 0 saturated carbocycles. The zero-order valence-corrected chi connectivity index (χ0v) is 14.0. The Balaban J connectivity index is 2.67. The van der Waals surface area contributed by atoms with Gasteiger partial charge in [-0.3, -0.25) is 4.98 Å². The molecule has 0 saturated heterocycles. The van der Waals surface area contributed by atoms with Crippen LogP contribution in [0.25, 0.3) is 0 Å². The molecule has 0 amide bonds. The van der Waals surface area contributed by atoms with Crippen molar-refractivity contribution in [3.8, 4) is 0 Å². The van der Waals surface area contributed by atoms with E-state index in [1.165, 1.54) is 0 Å². The summed E-state index contributed by atoms with van der Waals surface area (Å²) in [5.41, 5.74) is 0.737. The van der Waals surface area contributed by atoms with Crippen molar-refractivity contribution in [1.82, 2.24) is 9.71 Å². The lowest BCUT2D eigenvalue weighted by atomic mass is 10.00. The Labute approximate surface area is 121 Å². The van der Waals surface area contributed by atoms with Gasteiger partial charge in [0.2, 0.25) is 0 Å². The molecule has 0 unspecified atom stereocenters. The van der Waals surface area contributed by atoms with E-state index in [1.807, 2.05) is 46.8 Å². The van der Waals surface area contributed by atoms with Crippen molar-refractivity contribution >= 4 is 27.3 Å². The summed E-state index contributed by atoms with van der Waals surface area (Å²) < 4.78 is 16.0. The first-order valence-corrected chi connectivity index (χ1v) is 7.84. The predicted molar refractivity (Wildman–Crippen MR) is 80.8 cm³/mol. The minimum Gasteiger partial charge on any atom is -0.598 e. The molecule has 1 atom stereocenters. The van der Waals surface area contributed by atoms with Crippen molar-refractivity contribution in [3.63, 3.8) is 0 Å². The molecule has 0 aliphatic carbocycles. The fraction of sp³-hybridized carbons (Fsp3) is 0.615. The predicted octanol–water partition coefficient (Wildman–Crippen LogP) is 3.22. The van der Waals surface area contributed by atoms with Crippen molar-refractivity contribution in [2.24, 2.45) is 0 Å². The Morgan fingerprint density at radius 1 is 1.28 bits per heavy atom. The van der Waals surface area contributed by atoms with Crippen molar-refractivity contribution in [2.45, 2.75) is 51.3 Å². The van der Waals surface area contributed by atoms with Gasteiger partial charge in [-0.15, -0.1) is 4.72 Å². The average molecular weight is 333 g/mol. The smallest absolute Gasteiger partial charge is 0.136 e. The van der Waals surface area contributed by atoms with E-state index in [1.54, 1.807) is 6.20 Å². The molecular formula is C13H21BrN2OS. The van der Waals surface area contributed by atoms with Gasteiger partial charge >= 0.3 is 0 Å². The molecule has 102 valence electrons. The minimum absolute atomic E-state index is 0.251. The van der Waals surface area contributed by atoms with Crippen LogP contribution in [0.1, 0.15) is 40.3 Å². The molecule has 0 spiro atoms. The van der Waals surface area contributed by atoms with Crippen LogP contribution in [0.5, 0.6) is 0 Å². The maximum absolute atomic E-state index is 12.1. The number of nitrogens with zero attached hydrogens (tertiary/aromatic N) is 1. The topological polar surface area (TPSA) is 48.0 Å². The lowest BCUT2D eigenvalue weighted by Gasteiger charge is -2.32. The second-order valence-corrected chi connectivity index (χ2v) is 8.89. The number of aromatic nitrogens is 1. The fourth-order valence-electron chi connectivity index (χ4n) is 1.40. The number of rotatable bonds is 4. The molecule has 1 aromatic rings. The van der Waals surface area contributed by atoms with Gasteiger partial charge in [-0.05, 0) is 62.7 Å². The van der Waals surface area contributed by atoms with Crippen LogP contribution in [0, 0.1) is 0 Å². The van der Waals surface area contributed by atoms with Gasteiger partial charge in [0.25, 0.3) is 0 Å². The highest BCUT2D eigenvalue weighted by Crippen LogP contribution is 2.19. The summed E-state index contributed by atoms with van der Waals surface area (Å²) in [5, 5.41) is 0. The minimum atomic E-state index is -1.07. The van der Waals surface area contributed by atoms with Gasteiger partial charge in [0, 0.05) is 34.1 Å². The summed E-state index contributed by atoms with van der Waals surface area (Å²) in [7, 11) is 0. The van der Waals surface area contributed by atoms with Crippen LogP contribution in [0.3, 0.4) is 0 Å². The van der Waals surface area contributed by atoms with Crippen molar-refractivity contribution in [2.75, 3.05) is 0 Å². The molecule has 0 fully saturated rings. The number of pyridine rings is 1. The first-order valence-electron chi connectivity index (χ1n) is 5.90. The van der Waals surface area contributed by atoms with Gasteiger partial charge in [0.15, 0.2) is 0 Å². The van der Waals surface area contributed by atoms with E-state index in [4.69, 9.17) is 0 Å². The second kappa shape index (κ2) is 5.90. The first kappa shape index (κ1) is 16.0. The lowest BCUT2D eigenvalue weighted by Crippen LogP contribution is -2.51. The van der Waals surface area contributed by atoms with E-state index in [2.05, 4.69) is 25.6 Å². The third-order valence-electron chi connectivity index (χ3n) is 2.34. The van der Waals surface area contributed by atoms with Crippen LogP contribution in [0.2, 0.25) is 0 Å². The maximum atomic E-state index is 12.1. The molecule has 0 bridgehead atoms. The summed E-state index contributed by atoms with van der Waals surface area (Å²) in [6.45, 7) is 9.97. The van der Waals surface area contributed by atoms with Gasteiger partial charge < -0.3 is 4.55 Å². The number of hydrogen-bond donors (Lipinski definition) is 1. The summed E-state index contributed by atoms with van der Waals surface area (Å²) in [6, 6.07) is 3.95. The molecule has 1 heterocycles. The van der Waals surface area contributed by atoms with E-state index >= 15 is 0 Å². The van der Waals surface area contributed by atoms with Gasteiger partial charge in [0.05, 0.1) is 5.54 Å². The van der Waals surface area contributed by atoms with Crippen LogP contribution in [0.15, 0.2) is 22.8 Å². The number of halogens is 1. The largest absolute Gasteiger partial charge is 0.598 e. The normalized spacial score (nSPS) is 14.6. The van der Waals surface area contributed by atoms with Gasteiger partial charge in [-0.2, -0.15) is 0 Å². The molecule has 1 rings (SSSR count). The Morgan fingerprint density at radius 2 is 1.89 bits per heavy atom. The molecule has 5 heteroatoms. The molecule has 1 aromatic heterocycles. The monoisotopic (exact) mass is 332 g/mol. The van der Waals surface area contributed by atoms with Crippen molar-refractivity contribution < 1.29 is 4.55 Å². The molecule has 18 heavy (non-hydrogen) atoms. The number of hydrogen-bond acceptors (Lipinski definition) is 3. The number of nitrogens with one attached hydrogen (secondary N) is 1.